The summed E-state index contributed by atoms with van der Waals surface area (Å²) in [4.78, 5) is 13.7. The number of likely N-dealkylation sites (N-methyl/N-ethyl adjacent to an activating group) is 1. The zero-order chi connectivity index (χ0) is 12.8. The van der Waals surface area contributed by atoms with Crippen LogP contribution in [0, 0.1) is 0 Å². The molecule has 0 saturated heterocycles. The molecule has 0 aromatic carbocycles. The standard InChI is InChI=1S/C12H27N3O/c1-6-7-10(2)14-11(16)8-15(5)12(3,4)9-13/h10H,6-9,13H2,1-5H3,(H,14,16). The zero-order valence-corrected chi connectivity index (χ0v) is 11.3. The molecule has 1 amide bonds. The maximum atomic E-state index is 11.7. The van der Waals surface area contributed by atoms with Crippen LogP contribution in [0.3, 0.4) is 0 Å². The molecule has 0 aromatic rings. The highest BCUT2D eigenvalue weighted by Crippen LogP contribution is 2.09. The number of nitrogens with one attached hydrogen (secondary N) is 1. The molecule has 0 heterocycles. The third-order valence-electron chi connectivity index (χ3n) is 3.04. The second-order valence-electron chi connectivity index (χ2n) is 5.13. The van der Waals surface area contributed by atoms with Gasteiger partial charge in [-0.1, -0.05) is 13.3 Å². The Kier molecular flexibility index (Phi) is 6.60. The fraction of sp³-hybridized carbons (Fsp3) is 0.917. The normalized spacial score (nSPS) is 13.9. The van der Waals surface area contributed by atoms with E-state index in [0.29, 0.717) is 13.1 Å². The van der Waals surface area contributed by atoms with E-state index in [0.717, 1.165) is 12.8 Å². The van der Waals surface area contributed by atoms with Crippen LogP contribution < -0.4 is 11.1 Å². The lowest BCUT2D eigenvalue weighted by Crippen LogP contribution is -2.51. The molecule has 0 aliphatic carbocycles. The minimum atomic E-state index is -0.134. The van der Waals surface area contributed by atoms with Crippen LogP contribution in [0.5, 0.6) is 0 Å². The zero-order valence-electron chi connectivity index (χ0n) is 11.3. The second kappa shape index (κ2) is 6.86. The van der Waals surface area contributed by atoms with Crippen molar-refractivity contribution in [2.75, 3.05) is 20.1 Å². The Morgan fingerprint density at radius 2 is 2.06 bits per heavy atom. The molecule has 4 heteroatoms. The van der Waals surface area contributed by atoms with E-state index >= 15 is 0 Å². The van der Waals surface area contributed by atoms with E-state index in [1.807, 2.05) is 32.7 Å². The van der Waals surface area contributed by atoms with E-state index in [9.17, 15) is 4.79 Å². The van der Waals surface area contributed by atoms with E-state index in [-0.39, 0.29) is 17.5 Å². The molecule has 3 N–H and O–H groups in total. The molecular formula is C12H27N3O. The lowest BCUT2D eigenvalue weighted by atomic mass is 10.0. The third-order valence-corrected chi connectivity index (χ3v) is 3.04. The van der Waals surface area contributed by atoms with E-state index in [2.05, 4.69) is 12.2 Å². The minimum Gasteiger partial charge on any atom is -0.353 e. The Labute approximate surface area is 99.6 Å². The molecule has 0 aliphatic rings. The summed E-state index contributed by atoms with van der Waals surface area (Å²) in [5, 5.41) is 2.99. The first-order valence-corrected chi connectivity index (χ1v) is 6.04. The van der Waals surface area contributed by atoms with Crippen molar-refractivity contribution in [1.29, 1.82) is 0 Å². The molecule has 0 fully saturated rings. The molecule has 0 rings (SSSR count). The SMILES string of the molecule is CCCC(C)NC(=O)CN(C)C(C)(C)CN. The Balaban J connectivity index is 4.05. The van der Waals surface area contributed by atoms with Crippen molar-refractivity contribution in [3.63, 3.8) is 0 Å². The highest BCUT2D eigenvalue weighted by molar-refractivity contribution is 5.78. The summed E-state index contributed by atoms with van der Waals surface area (Å²) in [5.74, 6) is 0.0741. The first-order chi connectivity index (χ1) is 7.33. The number of carbonyl (C=O) groups excluding carboxylic acids is 1. The van der Waals surface area contributed by atoms with Crippen molar-refractivity contribution in [3.05, 3.63) is 0 Å². The summed E-state index contributed by atoms with van der Waals surface area (Å²) in [5.41, 5.74) is 5.52. The first-order valence-electron chi connectivity index (χ1n) is 6.04. The number of hydrogen-bond donors (Lipinski definition) is 2. The summed E-state index contributed by atoms with van der Waals surface area (Å²) in [7, 11) is 1.93. The van der Waals surface area contributed by atoms with Gasteiger partial charge in [-0.25, -0.2) is 0 Å². The van der Waals surface area contributed by atoms with Crippen molar-refractivity contribution in [3.8, 4) is 0 Å². The monoisotopic (exact) mass is 229 g/mol. The first kappa shape index (κ1) is 15.4. The van der Waals surface area contributed by atoms with Gasteiger partial charge in [-0.3, -0.25) is 9.69 Å². The largest absolute Gasteiger partial charge is 0.353 e. The number of nitrogens with zero attached hydrogens (tertiary/aromatic N) is 1. The quantitative estimate of drug-likeness (QED) is 0.683. The van der Waals surface area contributed by atoms with E-state index in [1.165, 1.54) is 0 Å². The molecule has 4 nitrogen and oxygen atoms in total. The van der Waals surface area contributed by atoms with Crippen molar-refractivity contribution in [2.24, 2.45) is 5.73 Å². The van der Waals surface area contributed by atoms with Gasteiger partial charge in [0.25, 0.3) is 0 Å². The topological polar surface area (TPSA) is 58.4 Å². The average Bonchev–Trinajstić information content (AvgIpc) is 2.17. The summed E-state index contributed by atoms with van der Waals surface area (Å²) >= 11 is 0. The number of hydrogen-bond acceptors (Lipinski definition) is 3. The van der Waals surface area contributed by atoms with Gasteiger partial charge in [-0.05, 0) is 34.2 Å². The molecule has 0 bridgehead atoms. The van der Waals surface area contributed by atoms with Gasteiger partial charge in [-0.2, -0.15) is 0 Å². The third kappa shape index (κ3) is 5.47. The van der Waals surface area contributed by atoms with E-state index in [4.69, 9.17) is 5.73 Å². The van der Waals surface area contributed by atoms with Crippen LogP contribution in [0.4, 0.5) is 0 Å². The molecule has 0 saturated carbocycles. The minimum absolute atomic E-state index is 0.0741. The Hall–Kier alpha value is -0.610. The molecule has 1 unspecified atom stereocenters. The lowest BCUT2D eigenvalue weighted by molar-refractivity contribution is -0.123. The number of carbonyl (C=O) groups is 1. The second-order valence-corrected chi connectivity index (χ2v) is 5.13. The summed E-state index contributed by atoms with van der Waals surface area (Å²) in [6, 6.07) is 0.256. The van der Waals surface area contributed by atoms with Crippen LogP contribution in [0.1, 0.15) is 40.5 Å². The van der Waals surface area contributed by atoms with Crippen LogP contribution in [0.25, 0.3) is 0 Å². The average molecular weight is 229 g/mol. The number of rotatable bonds is 7. The van der Waals surface area contributed by atoms with Crippen LogP contribution in [-0.4, -0.2) is 42.5 Å². The van der Waals surface area contributed by atoms with Gasteiger partial charge in [0.1, 0.15) is 0 Å². The van der Waals surface area contributed by atoms with Crippen molar-refractivity contribution < 1.29 is 4.79 Å². The van der Waals surface area contributed by atoms with Crippen LogP contribution in [-0.2, 0) is 4.79 Å². The molecule has 1 atom stereocenters. The van der Waals surface area contributed by atoms with E-state index in [1.54, 1.807) is 0 Å². The Morgan fingerprint density at radius 1 is 1.50 bits per heavy atom. The van der Waals surface area contributed by atoms with Crippen LogP contribution in [0.15, 0.2) is 0 Å². The van der Waals surface area contributed by atoms with Crippen LogP contribution in [0.2, 0.25) is 0 Å². The molecular weight excluding hydrogens is 202 g/mol. The highest BCUT2D eigenvalue weighted by atomic mass is 16.2. The lowest BCUT2D eigenvalue weighted by Gasteiger charge is -2.34. The molecule has 0 radical (unpaired) electrons. The van der Waals surface area contributed by atoms with Gasteiger partial charge in [0.05, 0.1) is 6.54 Å². The van der Waals surface area contributed by atoms with E-state index < -0.39 is 0 Å². The summed E-state index contributed by atoms with van der Waals surface area (Å²) in [6.07, 6.45) is 2.11. The predicted octanol–water partition coefficient (Wildman–Crippen LogP) is 0.960. The molecule has 0 aromatic heterocycles. The number of amides is 1. The maximum Gasteiger partial charge on any atom is 0.234 e. The van der Waals surface area contributed by atoms with Crippen molar-refractivity contribution >= 4 is 5.91 Å². The Bertz CT molecular complexity index is 216. The predicted molar refractivity (Wildman–Crippen MR) is 68.3 cm³/mol. The van der Waals surface area contributed by atoms with Gasteiger partial charge < -0.3 is 11.1 Å². The molecule has 96 valence electrons. The van der Waals surface area contributed by atoms with Crippen molar-refractivity contribution in [2.45, 2.75) is 52.1 Å². The fourth-order valence-electron chi connectivity index (χ4n) is 1.41. The van der Waals surface area contributed by atoms with Gasteiger partial charge in [0, 0.05) is 18.1 Å². The molecule has 0 spiro atoms. The van der Waals surface area contributed by atoms with Crippen molar-refractivity contribution in [1.82, 2.24) is 10.2 Å². The van der Waals surface area contributed by atoms with Gasteiger partial charge in [0.15, 0.2) is 0 Å². The summed E-state index contributed by atoms with van der Waals surface area (Å²) < 4.78 is 0. The molecule has 16 heavy (non-hydrogen) atoms. The Morgan fingerprint density at radius 3 is 2.50 bits per heavy atom. The number of nitrogens with two attached hydrogens (primary N) is 1. The highest BCUT2D eigenvalue weighted by Gasteiger charge is 2.23. The smallest absolute Gasteiger partial charge is 0.234 e. The molecule has 0 aliphatic heterocycles. The summed E-state index contributed by atoms with van der Waals surface area (Å²) in [6.45, 7) is 9.17. The van der Waals surface area contributed by atoms with Crippen LogP contribution >= 0.6 is 0 Å². The van der Waals surface area contributed by atoms with Gasteiger partial charge >= 0.3 is 0 Å². The fourth-order valence-corrected chi connectivity index (χ4v) is 1.41. The maximum absolute atomic E-state index is 11.7. The van der Waals surface area contributed by atoms with Gasteiger partial charge in [-0.15, -0.1) is 0 Å². The van der Waals surface area contributed by atoms with Gasteiger partial charge in [0.2, 0.25) is 5.91 Å².